The molecule has 1 aromatic heterocycles. The Bertz CT molecular complexity index is 578. The number of benzene rings is 1. The highest BCUT2D eigenvalue weighted by molar-refractivity contribution is 14.1. The van der Waals surface area contributed by atoms with Gasteiger partial charge in [0, 0.05) is 35.0 Å². The molecule has 1 aromatic carbocycles. The first kappa shape index (κ1) is 16.5. The number of hydrogen-bond donors (Lipinski definition) is 1. The van der Waals surface area contributed by atoms with Gasteiger partial charge in [-0.3, -0.25) is 4.68 Å². The van der Waals surface area contributed by atoms with E-state index in [4.69, 9.17) is 4.74 Å². The van der Waals surface area contributed by atoms with Gasteiger partial charge in [0.2, 0.25) is 0 Å². The van der Waals surface area contributed by atoms with Crippen LogP contribution in [0.1, 0.15) is 22.5 Å². The summed E-state index contributed by atoms with van der Waals surface area (Å²) < 4.78 is 8.40. The summed E-state index contributed by atoms with van der Waals surface area (Å²) in [6.07, 6.45) is 0. The van der Waals surface area contributed by atoms with Crippen LogP contribution < -0.4 is 5.32 Å². The number of rotatable bonds is 7. The fraction of sp³-hybridized carbons (Fsp3) is 0.438. The zero-order valence-corrected chi connectivity index (χ0v) is 15.0. The van der Waals surface area contributed by atoms with E-state index >= 15 is 0 Å². The second-order valence-electron chi connectivity index (χ2n) is 5.10. The summed E-state index contributed by atoms with van der Waals surface area (Å²) in [6.45, 7) is 7.47. The lowest BCUT2D eigenvalue weighted by Gasteiger charge is -2.07. The zero-order chi connectivity index (χ0) is 15.2. The molecule has 0 spiro atoms. The number of aryl methyl sites for hydroxylation is 1. The first-order chi connectivity index (χ1) is 10.1. The molecule has 0 saturated heterocycles. The molecule has 1 heterocycles. The van der Waals surface area contributed by atoms with Crippen molar-refractivity contribution in [3.63, 3.8) is 0 Å². The fourth-order valence-corrected chi connectivity index (χ4v) is 2.65. The number of methoxy groups -OCH3 is 1. The van der Waals surface area contributed by atoms with Gasteiger partial charge in [-0.05, 0) is 54.1 Å². The molecule has 2 aromatic rings. The van der Waals surface area contributed by atoms with Crippen LogP contribution in [0.15, 0.2) is 24.3 Å². The Morgan fingerprint density at radius 2 is 1.95 bits per heavy atom. The average Bonchev–Trinajstić information content (AvgIpc) is 2.73. The molecule has 0 aliphatic carbocycles. The van der Waals surface area contributed by atoms with Crippen LogP contribution in [0, 0.1) is 17.4 Å². The highest BCUT2D eigenvalue weighted by atomic mass is 127. The van der Waals surface area contributed by atoms with Gasteiger partial charge in [-0.1, -0.05) is 12.1 Å². The number of aromatic nitrogens is 2. The largest absolute Gasteiger partial charge is 0.383 e. The second kappa shape index (κ2) is 7.91. The van der Waals surface area contributed by atoms with Crippen LogP contribution in [0.4, 0.5) is 0 Å². The average molecular weight is 399 g/mol. The van der Waals surface area contributed by atoms with Gasteiger partial charge in [-0.2, -0.15) is 5.10 Å². The number of hydrogen-bond acceptors (Lipinski definition) is 3. The Kier molecular flexibility index (Phi) is 6.20. The molecule has 0 bridgehead atoms. The van der Waals surface area contributed by atoms with Crippen molar-refractivity contribution < 1.29 is 4.74 Å². The van der Waals surface area contributed by atoms with Crippen LogP contribution in [0.25, 0.3) is 0 Å². The molecule has 1 N–H and O–H groups in total. The molecule has 21 heavy (non-hydrogen) atoms. The molecule has 0 amide bonds. The van der Waals surface area contributed by atoms with Crippen molar-refractivity contribution in [2.24, 2.45) is 0 Å². The summed E-state index contributed by atoms with van der Waals surface area (Å²) in [4.78, 5) is 0. The predicted octanol–water partition coefficient (Wildman–Crippen LogP) is 2.89. The van der Waals surface area contributed by atoms with Crippen LogP contribution >= 0.6 is 22.6 Å². The maximum absolute atomic E-state index is 5.05. The van der Waals surface area contributed by atoms with Gasteiger partial charge in [0.25, 0.3) is 0 Å². The van der Waals surface area contributed by atoms with E-state index in [0.717, 1.165) is 31.9 Å². The number of ether oxygens (including phenoxy) is 1. The van der Waals surface area contributed by atoms with Crippen LogP contribution in [-0.4, -0.2) is 30.0 Å². The van der Waals surface area contributed by atoms with Crippen LogP contribution in [0.2, 0.25) is 0 Å². The molecule has 0 aliphatic heterocycles. The lowest BCUT2D eigenvalue weighted by Crippen LogP contribution is -2.19. The van der Waals surface area contributed by atoms with Gasteiger partial charge >= 0.3 is 0 Å². The fourth-order valence-electron chi connectivity index (χ4n) is 2.29. The van der Waals surface area contributed by atoms with Crippen molar-refractivity contribution in [3.8, 4) is 0 Å². The van der Waals surface area contributed by atoms with Crippen molar-refractivity contribution in [2.45, 2.75) is 26.9 Å². The second-order valence-corrected chi connectivity index (χ2v) is 6.35. The van der Waals surface area contributed by atoms with E-state index in [1.54, 1.807) is 7.11 Å². The highest BCUT2D eigenvalue weighted by Crippen LogP contribution is 2.15. The van der Waals surface area contributed by atoms with Gasteiger partial charge in [0.15, 0.2) is 0 Å². The lowest BCUT2D eigenvalue weighted by molar-refractivity contribution is 0.199. The predicted molar refractivity (Wildman–Crippen MR) is 93.5 cm³/mol. The highest BCUT2D eigenvalue weighted by Gasteiger charge is 2.11. The van der Waals surface area contributed by atoms with E-state index in [9.17, 15) is 0 Å². The van der Waals surface area contributed by atoms with Gasteiger partial charge in [0.05, 0.1) is 18.8 Å². The minimum absolute atomic E-state index is 0.731. The smallest absolute Gasteiger partial charge is 0.0662 e. The topological polar surface area (TPSA) is 39.1 Å². The molecule has 0 unspecified atom stereocenters. The number of halogens is 1. The summed E-state index contributed by atoms with van der Waals surface area (Å²) in [5, 5.41) is 8.06. The van der Waals surface area contributed by atoms with E-state index in [1.807, 2.05) is 0 Å². The van der Waals surface area contributed by atoms with Gasteiger partial charge in [-0.25, -0.2) is 0 Å². The standard InChI is InChI=1S/C16H22IN3O/c1-12-16(10-18-8-9-21-3)13(2)20(19-12)11-14-4-6-15(17)7-5-14/h4-7,18H,8-11H2,1-3H3. The van der Waals surface area contributed by atoms with Crippen LogP contribution in [-0.2, 0) is 17.8 Å². The molecule has 2 rings (SSSR count). The summed E-state index contributed by atoms with van der Waals surface area (Å²) in [6, 6.07) is 8.59. The first-order valence-electron chi connectivity index (χ1n) is 7.08. The molecule has 114 valence electrons. The van der Waals surface area contributed by atoms with Crippen molar-refractivity contribution in [3.05, 3.63) is 50.4 Å². The van der Waals surface area contributed by atoms with E-state index < -0.39 is 0 Å². The SMILES string of the molecule is COCCNCc1c(C)nn(Cc2ccc(I)cc2)c1C. The summed E-state index contributed by atoms with van der Waals surface area (Å²) >= 11 is 2.32. The van der Waals surface area contributed by atoms with Crippen molar-refractivity contribution in [1.82, 2.24) is 15.1 Å². The molecule has 0 saturated carbocycles. The molecule has 5 heteroatoms. The zero-order valence-electron chi connectivity index (χ0n) is 12.8. The van der Waals surface area contributed by atoms with Gasteiger partial charge in [0.1, 0.15) is 0 Å². The molecular weight excluding hydrogens is 377 g/mol. The van der Waals surface area contributed by atoms with E-state index in [0.29, 0.717) is 0 Å². The molecule has 0 aliphatic rings. The Labute approximate surface area is 140 Å². The minimum Gasteiger partial charge on any atom is -0.383 e. The van der Waals surface area contributed by atoms with E-state index in [-0.39, 0.29) is 0 Å². The first-order valence-corrected chi connectivity index (χ1v) is 8.16. The van der Waals surface area contributed by atoms with Crippen molar-refractivity contribution >= 4 is 22.6 Å². The molecule has 4 nitrogen and oxygen atoms in total. The van der Waals surface area contributed by atoms with E-state index in [2.05, 4.69) is 75.8 Å². The lowest BCUT2D eigenvalue weighted by atomic mass is 10.2. The quantitative estimate of drug-likeness (QED) is 0.575. The van der Waals surface area contributed by atoms with Crippen LogP contribution in [0.3, 0.4) is 0 Å². The normalized spacial score (nSPS) is 11.0. The third-order valence-electron chi connectivity index (χ3n) is 3.56. The monoisotopic (exact) mass is 399 g/mol. The summed E-state index contributed by atoms with van der Waals surface area (Å²) in [7, 11) is 1.72. The van der Waals surface area contributed by atoms with Crippen LogP contribution in [0.5, 0.6) is 0 Å². The number of nitrogens with one attached hydrogen (secondary N) is 1. The third kappa shape index (κ3) is 4.52. The summed E-state index contributed by atoms with van der Waals surface area (Å²) in [5.74, 6) is 0. The van der Waals surface area contributed by atoms with E-state index in [1.165, 1.54) is 20.4 Å². The molecule has 0 fully saturated rings. The Hall–Kier alpha value is -0.920. The number of nitrogens with zero attached hydrogens (tertiary/aromatic N) is 2. The van der Waals surface area contributed by atoms with Gasteiger partial charge in [-0.15, -0.1) is 0 Å². The third-order valence-corrected chi connectivity index (χ3v) is 4.28. The molecular formula is C16H22IN3O. The van der Waals surface area contributed by atoms with Crippen molar-refractivity contribution in [2.75, 3.05) is 20.3 Å². The molecule has 0 radical (unpaired) electrons. The minimum atomic E-state index is 0.731. The van der Waals surface area contributed by atoms with Crippen molar-refractivity contribution in [1.29, 1.82) is 0 Å². The maximum atomic E-state index is 5.05. The Morgan fingerprint density at radius 3 is 2.62 bits per heavy atom. The Morgan fingerprint density at radius 1 is 1.24 bits per heavy atom. The maximum Gasteiger partial charge on any atom is 0.0662 e. The summed E-state index contributed by atoms with van der Waals surface area (Å²) in [5.41, 5.74) is 4.90. The molecule has 0 atom stereocenters. The Balaban J connectivity index is 2.05. The van der Waals surface area contributed by atoms with Gasteiger partial charge < -0.3 is 10.1 Å².